The number of anilines is 1. The molecule has 23 heavy (non-hydrogen) atoms. The lowest BCUT2D eigenvalue weighted by Gasteiger charge is -2.06. The Hall–Kier alpha value is -3.01. The third-order valence-corrected chi connectivity index (χ3v) is 3.31. The number of halogens is 1. The summed E-state index contributed by atoms with van der Waals surface area (Å²) < 4.78 is 12.8. The first-order valence-electron chi connectivity index (χ1n) is 7.33. The summed E-state index contributed by atoms with van der Waals surface area (Å²) in [5.74, 6) is -0.328. The number of hydrogen-bond donors (Lipinski definition) is 1. The van der Waals surface area contributed by atoms with Gasteiger partial charge in [0.15, 0.2) is 0 Å². The van der Waals surface area contributed by atoms with Crippen LogP contribution in [-0.4, -0.2) is 9.97 Å². The zero-order valence-electron chi connectivity index (χ0n) is 12.5. The molecular formula is C19H16FN3. The van der Waals surface area contributed by atoms with E-state index in [0.717, 1.165) is 22.6 Å². The molecule has 0 fully saturated rings. The van der Waals surface area contributed by atoms with E-state index in [1.54, 1.807) is 12.3 Å². The highest BCUT2D eigenvalue weighted by molar-refractivity contribution is 5.68. The standard InChI is InChI=1S/C19H16FN3/c20-16-7-11-18(22-13-16)10-6-15-4-8-17(9-5-15)23-14-19-3-1-2-12-21-19/h1-13,23H,14H2/b10-6+. The van der Waals surface area contributed by atoms with Gasteiger partial charge in [0, 0.05) is 11.9 Å². The van der Waals surface area contributed by atoms with Crippen LogP contribution in [-0.2, 0) is 6.54 Å². The van der Waals surface area contributed by atoms with Crippen molar-refractivity contribution in [2.75, 3.05) is 5.32 Å². The minimum atomic E-state index is -0.328. The van der Waals surface area contributed by atoms with E-state index in [9.17, 15) is 4.39 Å². The molecule has 114 valence electrons. The molecule has 1 N–H and O–H groups in total. The Morgan fingerprint density at radius 3 is 2.48 bits per heavy atom. The lowest BCUT2D eigenvalue weighted by atomic mass is 10.1. The molecule has 4 heteroatoms. The molecule has 0 amide bonds. The van der Waals surface area contributed by atoms with E-state index in [2.05, 4.69) is 15.3 Å². The van der Waals surface area contributed by atoms with Crippen molar-refractivity contribution in [3.63, 3.8) is 0 Å². The van der Waals surface area contributed by atoms with E-state index in [0.29, 0.717) is 6.54 Å². The second-order valence-corrected chi connectivity index (χ2v) is 5.03. The van der Waals surface area contributed by atoms with Crippen molar-refractivity contribution < 1.29 is 4.39 Å². The van der Waals surface area contributed by atoms with Crippen LogP contribution in [0.4, 0.5) is 10.1 Å². The Balaban J connectivity index is 1.59. The number of nitrogens with one attached hydrogen (secondary N) is 1. The third kappa shape index (κ3) is 4.48. The van der Waals surface area contributed by atoms with Crippen LogP contribution < -0.4 is 5.32 Å². The van der Waals surface area contributed by atoms with Crippen LogP contribution in [0.25, 0.3) is 12.2 Å². The minimum absolute atomic E-state index is 0.328. The largest absolute Gasteiger partial charge is 0.379 e. The molecule has 0 unspecified atom stereocenters. The molecule has 3 nitrogen and oxygen atoms in total. The Morgan fingerprint density at radius 2 is 1.78 bits per heavy atom. The van der Waals surface area contributed by atoms with Crippen molar-refractivity contribution in [3.05, 3.63) is 89.8 Å². The van der Waals surface area contributed by atoms with Gasteiger partial charge < -0.3 is 5.32 Å². The van der Waals surface area contributed by atoms with Gasteiger partial charge >= 0.3 is 0 Å². The van der Waals surface area contributed by atoms with E-state index >= 15 is 0 Å². The van der Waals surface area contributed by atoms with Crippen LogP contribution >= 0.6 is 0 Å². The van der Waals surface area contributed by atoms with E-state index in [4.69, 9.17) is 0 Å². The molecule has 0 bridgehead atoms. The molecule has 0 saturated carbocycles. The fourth-order valence-electron chi connectivity index (χ4n) is 2.07. The van der Waals surface area contributed by atoms with Gasteiger partial charge in [-0.2, -0.15) is 0 Å². The summed E-state index contributed by atoms with van der Waals surface area (Å²) in [6.45, 7) is 0.690. The van der Waals surface area contributed by atoms with Gasteiger partial charge in [-0.3, -0.25) is 9.97 Å². The molecule has 1 aromatic carbocycles. The molecular weight excluding hydrogens is 289 g/mol. The number of rotatable bonds is 5. The lowest BCUT2D eigenvalue weighted by molar-refractivity contribution is 0.621. The molecule has 0 aliphatic rings. The maximum atomic E-state index is 12.8. The smallest absolute Gasteiger partial charge is 0.141 e. The summed E-state index contributed by atoms with van der Waals surface area (Å²) in [6, 6.07) is 17.0. The first kappa shape index (κ1) is 14.9. The SMILES string of the molecule is Fc1ccc(/C=C/c2ccc(NCc3ccccn3)cc2)nc1. The average Bonchev–Trinajstić information content (AvgIpc) is 2.61. The minimum Gasteiger partial charge on any atom is -0.379 e. The quantitative estimate of drug-likeness (QED) is 0.759. The maximum Gasteiger partial charge on any atom is 0.141 e. The normalized spacial score (nSPS) is 10.8. The number of aromatic nitrogens is 2. The second kappa shape index (κ2) is 7.31. The van der Waals surface area contributed by atoms with E-state index in [-0.39, 0.29) is 5.82 Å². The first-order chi connectivity index (χ1) is 11.3. The van der Waals surface area contributed by atoms with Gasteiger partial charge in [-0.05, 0) is 48.0 Å². The topological polar surface area (TPSA) is 37.8 Å². The van der Waals surface area contributed by atoms with Gasteiger partial charge in [-0.1, -0.05) is 24.3 Å². The van der Waals surface area contributed by atoms with Crippen LogP contribution in [0.15, 0.2) is 67.0 Å². The number of nitrogens with zero attached hydrogens (tertiary/aromatic N) is 2. The molecule has 0 aliphatic heterocycles. The lowest BCUT2D eigenvalue weighted by Crippen LogP contribution is -2.00. The fraction of sp³-hybridized carbons (Fsp3) is 0.0526. The number of benzene rings is 1. The van der Waals surface area contributed by atoms with Crippen LogP contribution in [0.2, 0.25) is 0 Å². The average molecular weight is 305 g/mol. The van der Waals surface area contributed by atoms with Gasteiger partial charge in [0.2, 0.25) is 0 Å². The van der Waals surface area contributed by atoms with Crippen LogP contribution in [0, 0.1) is 5.82 Å². The molecule has 0 atom stereocenters. The summed E-state index contributed by atoms with van der Waals surface area (Å²) in [4.78, 5) is 8.27. The van der Waals surface area contributed by atoms with Crippen LogP contribution in [0.5, 0.6) is 0 Å². The molecule has 2 heterocycles. The van der Waals surface area contributed by atoms with Gasteiger partial charge in [0.25, 0.3) is 0 Å². The molecule has 2 aromatic heterocycles. The Labute approximate surface area is 134 Å². The third-order valence-electron chi connectivity index (χ3n) is 3.31. The summed E-state index contributed by atoms with van der Waals surface area (Å²) in [5, 5.41) is 3.33. The van der Waals surface area contributed by atoms with Crippen molar-refractivity contribution in [2.45, 2.75) is 6.54 Å². The molecule has 0 radical (unpaired) electrons. The van der Waals surface area contributed by atoms with E-state index in [1.165, 1.54) is 12.3 Å². The van der Waals surface area contributed by atoms with Gasteiger partial charge in [0.1, 0.15) is 5.82 Å². The van der Waals surface area contributed by atoms with Crippen molar-refractivity contribution in [2.24, 2.45) is 0 Å². The molecule has 0 spiro atoms. The number of hydrogen-bond acceptors (Lipinski definition) is 3. The van der Waals surface area contributed by atoms with E-state index in [1.807, 2.05) is 54.6 Å². The summed E-state index contributed by atoms with van der Waals surface area (Å²) in [5.41, 5.74) is 3.81. The van der Waals surface area contributed by atoms with Crippen molar-refractivity contribution in [3.8, 4) is 0 Å². The van der Waals surface area contributed by atoms with E-state index < -0.39 is 0 Å². The summed E-state index contributed by atoms with van der Waals surface area (Å²) in [6.07, 6.45) is 6.80. The van der Waals surface area contributed by atoms with Crippen molar-refractivity contribution >= 4 is 17.8 Å². The van der Waals surface area contributed by atoms with Crippen molar-refractivity contribution in [1.82, 2.24) is 9.97 Å². The zero-order valence-corrected chi connectivity index (χ0v) is 12.5. The molecule has 0 saturated heterocycles. The molecule has 3 aromatic rings. The van der Waals surface area contributed by atoms with Gasteiger partial charge in [-0.25, -0.2) is 4.39 Å². The maximum absolute atomic E-state index is 12.8. The van der Waals surface area contributed by atoms with Crippen LogP contribution in [0.3, 0.4) is 0 Å². The molecule has 0 aliphatic carbocycles. The molecule has 3 rings (SSSR count). The zero-order chi connectivity index (χ0) is 15.9. The monoisotopic (exact) mass is 305 g/mol. The predicted molar refractivity (Wildman–Crippen MR) is 91.1 cm³/mol. The van der Waals surface area contributed by atoms with Gasteiger partial charge in [-0.15, -0.1) is 0 Å². The Bertz CT molecular complexity index is 766. The first-order valence-corrected chi connectivity index (χ1v) is 7.33. The Morgan fingerprint density at radius 1 is 0.913 bits per heavy atom. The summed E-state index contributed by atoms with van der Waals surface area (Å²) in [7, 11) is 0. The summed E-state index contributed by atoms with van der Waals surface area (Å²) >= 11 is 0. The fourth-order valence-corrected chi connectivity index (χ4v) is 2.07. The predicted octanol–water partition coefficient (Wildman–Crippen LogP) is 4.40. The number of pyridine rings is 2. The second-order valence-electron chi connectivity index (χ2n) is 5.03. The highest BCUT2D eigenvalue weighted by Gasteiger charge is 1.95. The highest BCUT2D eigenvalue weighted by atomic mass is 19.1. The highest BCUT2D eigenvalue weighted by Crippen LogP contribution is 2.13. The Kier molecular flexibility index (Phi) is 4.74. The van der Waals surface area contributed by atoms with Crippen LogP contribution in [0.1, 0.15) is 17.0 Å². The van der Waals surface area contributed by atoms with Crippen molar-refractivity contribution in [1.29, 1.82) is 0 Å². The van der Waals surface area contributed by atoms with Gasteiger partial charge in [0.05, 0.1) is 24.1 Å².